The Morgan fingerprint density at radius 2 is 1.91 bits per heavy atom. The van der Waals surface area contributed by atoms with E-state index in [2.05, 4.69) is 10.2 Å². The summed E-state index contributed by atoms with van der Waals surface area (Å²) in [5, 5.41) is 2.35. The Morgan fingerprint density at radius 1 is 1.09 bits per heavy atom. The number of rotatable bonds is 6. The monoisotopic (exact) mass is 441 g/mol. The number of carbonyl (C=O) groups is 3. The molecule has 0 spiro atoms. The first-order valence-electron chi connectivity index (χ1n) is 11.8. The number of piperidine rings is 1. The molecule has 32 heavy (non-hydrogen) atoms. The number of amides is 3. The van der Waals surface area contributed by atoms with Crippen molar-refractivity contribution in [2.75, 3.05) is 19.7 Å². The van der Waals surface area contributed by atoms with E-state index in [-0.39, 0.29) is 30.2 Å². The lowest BCUT2D eigenvalue weighted by molar-refractivity contribution is -0.136. The lowest BCUT2D eigenvalue weighted by Gasteiger charge is -2.47. The van der Waals surface area contributed by atoms with Crippen LogP contribution in [0.1, 0.15) is 61.4 Å². The molecule has 1 aromatic rings. The topological polar surface area (TPSA) is 88.2 Å². The lowest BCUT2D eigenvalue weighted by Crippen LogP contribution is -2.61. The average Bonchev–Trinajstić information content (AvgIpc) is 3.07. The fraction of sp³-hybridized carbons (Fsp3) is 0.625. The Labute approximate surface area is 188 Å². The second-order valence-corrected chi connectivity index (χ2v) is 9.26. The number of fused-ring (bicyclic) bond motifs is 1. The third-order valence-corrected chi connectivity index (χ3v) is 7.20. The Morgan fingerprint density at radius 3 is 2.69 bits per heavy atom. The third-order valence-electron chi connectivity index (χ3n) is 7.20. The van der Waals surface area contributed by atoms with Gasteiger partial charge in [0.1, 0.15) is 17.9 Å². The van der Waals surface area contributed by atoms with Crippen molar-refractivity contribution in [3.63, 3.8) is 0 Å². The summed E-state index contributed by atoms with van der Waals surface area (Å²) < 4.78 is 12.2. The predicted molar refractivity (Wildman–Crippen MR) is 116 cm³/mol. The van der Waals surface area contributed by atoms with Crippen LogP contribution in [0.25, 0.3) is 0 Å². The maximum Gasteiger partial charge on any atom is 0.255 e. The molecule has 5 rings (SSSR count). The Balaban J connectivity index is 1.26. The number of hydrogen-bond donors (Lipinski definition) is 1. The second kappa shape index (κ2) is 8.83. The molecule has 3 fully saturated rings. The van der Waals surface area contributed by atoms with Crippen LogP contribution >= 0.6 is 0 Å². The molecule has 1 N–H and O–H groups in total. The molecule has 3 aliphatic heterocycles. The standard InChI is InChI=1S/C24H31N3O5/c1-2-31-17-13-26(14-17)19-5-3-4-6-21(19)32-16-7-8-18-15(11-16)12-27(24(18)30)20-9-10-22(28)25-23(20)29/h7-8,11,17,19-21H,2-6,9-10,12-14H2,1H3,(H,25,28,29)/t19-,20?,21+/m1/s1. The van der Waals surface area contributed by atoms with E-state index in [9.17, 15) is 14.4 Å². The van der Waals surface area contributed by atoms with Crippen molar-refractivity contribution in [3.8, 4) is 5.75 Å². The van der Waals surface area contributed by atoms with Crippen LogP contribution < -0.4 is 10.1 Å². The van der Waals surface area contributed by atoms with Crippen molar-refractivity contribution in [2.24, 2.45) is 0 Å². The van der Waals surface area contributed by atoms with E-state index in [1.807, 2.05) is 25.1 Å². The Bertz CT molecular complexity index is 913. The smallest absolute Gasteiger partial charge is 0.255 e. The molecule has 3 amide bonds. The molecule has 1 saturated carbocycles. The van der Waals surface area contributed by atoms with Crippen molar-refractivity contribution >= 4 is 17.7 Å². The highest BCUT2D eigenvalue weighted by molar-refractivity contribution is 6.05. The van der Waals surface area contributed by atoms with Gasteiger partial charge in [0.2, 0.25) is 11.8 Å². The van der Waals surface area contributed by atoms with E-state index >= 15 is 0 Å². The van der Waals surface area contributed by atoms with E-state index in [0.29, 0.717) is 30.7 Å². The predicted octanol–water partition coefficient (Wildman–Crippen LogP) is 1.86. The van der Waals surface area contributed by atoms with Gasteiger partial charge in [-0.3, -0.25) is 24.6 Å². The number of carbonyl (C=O) groups excluding carboxylic acids is 3. The quantitative estimate of drug-likeness (QED) is 0.678. The van der Waals surface area contributed by atoms with Crippen molar-refractivity contribution in [1.29, 1.82) is 0 Å². The van der Waals surface area contributed by atoms with Crippen LogP contribution in [0.3, 0.4) is 0 Å². The van der Waals surface area contributed by atoms with Crippen LogP contribution in [0.15, 0.2) is 18.2 Å². The summed E-state index contributed by atoms with van der Waals surface area (Å²) in [6, 6.07) is 5.44. The van der Waals surface area contributed by atoms with E-state index in [4.69, 9.17) is 9.47 Å². The molecule has 4 aliphatic rings. The highest BCUT2D eigenvalue weighted by atomic mass is 16.5. The summed E-state index contributed by atoms with van der Waals surface area (Å²) in [6.45, 7) is 5.10. The number of benzene rings is 1. The van der Waals surface area contributed by atoms with E-state index in [1.54, 1.807) is 4.90 Å². The molecule has 8 heteroatoms. The summed E-state index contributed by atoms with van der Waals surface area (Å²) in [5.41, 5.74) is 1.49. The fourth-order valence-corrected chi connectivity index (χ4v) is 5.51. The molecular formula is C24H31N3O5. The lowest BCUT2D eigenvalue weighted by atomic mass is 9.89. The molecule has 1 unspecified atom stereocenters. The van der Waals surface area contributed by atoms with Crippen LogP contribution in [0.2, 0.25) is 0 Å². The number of nitrogens with zero attached hydrogens (tertiary/aromatic N) is 2. The largest absolute Gasteiger partial charge is 0.489 e. The van der Waals surface area contributed by atoms with Crippen molar-refractivity contribution in [2.45, 2.75) is 76.3 Å². The van der Waals surface area contributed by atoms with Crippen LogP contribution in [0.4, 0.5) is 0 Å². The van der Waals surface area contributed by atoms with E-state index in [1.165, 1.54) is 6.42 Å². The maximum atomic E-state index is 12.9. The Hall–Kier alpha value is -2.45. The minimum atomic E-state index is -0.593. The zero-order chi connectivity index (χ0) is 22.2. The normalized spacial score (nSPS) is 29.0. The number of hydrogen-bond acceptors (Lipinski definition) is 6. The van der Waals surface area contributed by atoms with Crippen LogP contribution in [0.5, 0.6) is 5.75 Å². The summed E-state index contributed by atoms with van der Waals surface area (Å²) in [6.07, 6.45) is 5.65. The highest BCUT2D eigenvalue weighted by Gasteiger charge is 2.41. The van der Waals surface area contributed by atoms with Crippen molar-refractivity contribution in [3.05, 3.63) is 29.3 Å². The van der Waals surface area contributed by atoms with Crippen LogP contribution in [-0.2, 0) is 20.9 Å². The molecule has 8 nitrogen and oxygen atoms in total. The van der Waals surface area contributed by atoms with Gasteiger partial charge >= 0.3 is 0 Å². The second-order valence-electron chi connectivity index (χ2n) is 9.26. The summed E-state index contributed by atoms with van der Waals surface area (Å²) in [7, 11) is 0. The molecule has 0 aromatic heterocycles. The molecule has 0 bridgehead atoms. The number of imide groups is 1. The fourth-order valence-electron chi connectivity index (χ4n) is 5.51. The minimum absolute atomic E-state index is 0.132. The van der Waals surface area contributed by atoms with Gasteiger partial charge in [0.05, 0.1) is 6.10 Å². The van der Waals surface area contributed by atoms with Gasteiger partial charge < -0.3 is 14.4 Å². The summed E-state index contributed by atoms with van der Waals surface area (Å²) >= 11 is 0. The molecule has 0 radical (unpaired) electrons. The molecule has 2 saturated heterocycles. The number of likely N-dealkylation sites (tertiary alicyclic amines) is 1. The van der Waals surface area contributed by atoms with Gasteiger partial charge in [0, 0.05) is 44.3 Å². The molecule has 3 heterocycles. The van der Waals surface area contributed by atoms with Gasteiger partial charge in [-0.2, -0.15) is 0 Å². The zero-order valence-corrected chi connectivity index (χ0v) is 18.5. The van der Waals surface area contributed by atoms with Gasteiger partial charge in [0.25, 0.3) is 5.91 Å². The Kier molecular flexibility index (Phi) is 5.90. The highest BCUT2D eigenvalue weighted by Crippen LogP contribution is 2.34. The molecule has 1 aromatic carbocycles. The third kappa shape index (κ3) is 4.01. The minimum Gasteiger partial charge on any atom is -0.489 e. The average molecular weight is 442 g/mol. The molecule has 1 aliphatic carbocycles. The van der Waals surface area contributed by atoms with E-state index < -0.39 is 6.04 Å². The van der Waals surface area contributed by atoms with Crippen molar-refractivity contribution < 1.29 is 23.9 Å². The maximum absolute atomic E-state index is 12.9. The first-order chi connectivity index (χ1) is 15.5. The number of nitrogens with one attached hydrogen (secondary N) is 1. The molecule has 172 valence electrons. The van der Waals surface area contributed by atoms with Gasteiger partial charge in [-0.15, -0.1) is 0 Å². The zero-order valence-electron chi connectivity index (χ0n) is 18.5. The van der Waals surface area contributed by atoms with Crippen LogP contribution in [-0.4, -0.2) is 71.5 Å². The molecular weight excluding hydrogens is 410 g/mol. The SMILES string of the molecule is CCOC1CN([C@@H]2CCCC[C@@H]2Oc2ccc3c(c2)CN(C2CCC(=O)NC2=O)C3=O)C1. The van der Waals surface area contributed by atoms with Gasteiger partial charge in [-0.25, -0.2) is 0 Å². The first-order valence-corrected chi connectivity index (χ1v) is 11.8. The van der Waals surface area contributed by atoms with Crippen LogP contribution in [0, 0.1) is 0 Å². The summed E-state index contributed by atoms with van der Waals surface area (Å²) in [5.74, 6) is -0.0358. The van der Waals surface area contributed by atoms with Gasteiger partial charge in [-0.05, 0) is 56.4 Å². The van der Waals surface area contributed by atoms with Gasteiger partial charge in [0.15, 0.2) is 0 Å². The van der Waals surface area contributed by atoms with Crippen molar-refractivity contribution in [1.82, 2.24) is 15.1 Å². The first kappa shape index (κ1) is 21.4. The summed E-state index contributed by atoms with van der Waals surface area (Å²) in [4.78, 5) is 40.7. The number of ether oxygens (including phenoxy) is 2. The molecule has 3 atom stereocenters. The van der Waals surface area contributed by atoms with Gasteiger partial charge in [-0.1, -0.05) is 6.42 Å². The van der Waals surface area contributed by atoms with E-state index in [0.717, 1.165) is 50.3 Å².